The molecule has 262 valence electrons. The molecule has 0 aromatic carbocycles. The first-order valence-corrected chi connectivity index (χ1v) is 16.6. The second kappa shape index (κ2) is 14.5. The van der Waals surface area contributed by atoms with Gasteiger partial charge in [0, 0.05) is 42.5 Å². The third kappa shape index (κ3) is 7.16. The third-order valence-corrected chi connectivity index (χ3v) is 10.1. The molecule has 6 heterocycles. The van der Waals surface area contributed by atoms with Gasteiger partial charge >= 0.3 is 17.9 Å². The number of ether oxygens (including phenoxy) is 1. The first kappa shape index (κ1) is 35.1. The number of hydrogen-bond donors (Lipinski definition) is 4. The molecule has 4 aliphatic heterocycles. The Hall–Kier alpha value is -5.18. The fourth-order valence-electron chi connectivity index (χ4n) is 5.64. The molecule has 0 bridgehead atoms. The summed E-state index contributed by atoms with van der Waals surface area (Å²) in [5.74, 6) is -2.59. The number of hydrogen-bond acceptors (Lipinski definition) is 16. The first-order chi connectivity index (χ1) is 23.3. The van der Waals surface area contributed by atoms with Gasteiger partial charge in [-0.1, -0.05) is 11.2 Å². The van der Waals surface area contributed by atoms with Crippen molar-refractivity contribution in [2.45, 2.75) is 57.7 Å². The Kier molecular flexibility index (Phi) is 10.4. The van der Waals surface area contributed by atoms with Crippen molar-refractivity contribution in [2.24, 2.45) is 5.16 Å². The van der Waals surface area contributed by atoms with Crippen molar-refractivity contribution in [3.63, 3.8) is 0 Å². The number of aromatic nitrogens is 2. The molecule has 0 unspecified atom stereocenters. The number of nitrogen functional groups attached to an aromatic ring is 1. The van der Waals surface area contributed by atoms with Crippen molar-refractivity contribution in [2.75, 3.05) is 31.1 Å². The number of rotatable bonds is 7. The van der Waals surface area contributed by atoms with Gasteiger partial charge in [0.05, 0.1) is 6.04 Å². The zero-order valence-electron chi connectivity index (χ0n) is 26.4. The van der Waals surface area contributed by atoms with Crippen molar-refractivity contribution < 1.29 is 47.9 Å². The van der Waals surface area contributed by atoms with E-state index in [1.807, 2.05) is 17.9 Å². The molecule has 5 N–H and O–H groups in total. The number of nitrogens with zero attached hydrogens (tertiary/aromatic N) is 6. The minimum Gasteiger partial charge on any atom is -0.477 e. The molecule has 3 fully saturated rings. The van der Waals surface area contributed by atoms with Crippen LogP contribution in [0.1, 0.15) is 44.0 Å². The van der Waals surface area contributed by atoms with Crippen LogP contribution in [0.3, 0.4) is 0 Å². The molecule has 0 radical (unpaired) electrons. The van der Waals surface area contributed by atoms with E-state index in [4.69, 9.17) is 24.5 Å². The predicted molar refractivity (Wildman–Crippen MR) is 170 cm³/mol. The maximum Gasteiger partial charge on any atom is 0.519 e. The number of carboxylic acid groups (broad SMARTS) is 1. The van der Waals surface area contributed by atoms with Gasteiger partial charge in [-0.25, -0.2) is 14.4 Å². The second-order valence-corrected chi connectivity index (χ2v) is 13.0. The van der Waals surface area contributed by atoms with Crippen LogP contribution < -0.4 is 16.9 Å². The summed E-state index contributed by atoms with van der Waals surface area (Å²) in [6.07, 6.45) is 2.86. The van der Waals surface area contributed by atoms with Crippen LogP contribution >= 0.6 is 23.3 Å². The maximum absolute atomic E-state index is 12.3. The Balaban J connectivity index is 0.000000191. The standard InChI is InChI=1S/C16H20N2O6.C12H12N6O5S2/c1-3-11-4-7-18(14(11)19)12-5-6-17(8-12)15(20)22-9-13-10(2)23-16(21)24-13;1-3-2-24-10-5(9(20)18(10)6(3)11(21)22)14-8(19)4(16-23)7-15-12(13)25-17-7/h3,12H,4-9H2,1-2H3;5,10,23H,2H2,1H3,(H,14,19)(H,21,22)(H2,13,15,17)/b11-3+;16-4-/t12-;5-,10-/m11/s1. The number of thioether (sulfide) groups is 1. The summed E-state index contributed by atoms with van der Waals surface area (Å²) in [5, 5.41) is 23.1. The molecular weight excluding hydrogens is 688 g/mol. The fraction of sp³-hybridized carbons (Fsp3) is 0.464. The second-order valence-electron chi connectivity index (χ2n) is 11.1. The van der Waals surface area contributed by atoms with Crippen LogP contribution in [0.5, 0.6) is 0 Å². The molecule has 0 spiro atoms. The van der Waals surface area contributed by atoms with Gasteiger partial charge in [0.2, 0.25) is 17.4 Å². The average Bonchev–Trinajstić information content (AvgIpc) is 3.86. The number of aryl methyl sites for hydroxylation is 1. The molecule has 6 rings (SSSR count). The number of fused-ring (bicyclic) bond motifs is 1. The van der Waals surface area contributed by atoms with E-state index in [9.17, 15) is 33.9 Å². The lowest BCUT2D eigenvalue weighted by Crippen LogP contribution is -2.71. The van der Waals surface area contributed by atoms with Crippen LogP contribution in [0.4, 0.5) is 9.93 Å². The Labute approximate surface area is 285 Å². The topological polar surface area (TPSA) is 264 Å². The molecule has 4 aliphatic rings. The molecular formula is C28H32N8O11S2. The molecule has 3 saturated heterocycles. The number of likely N-dealkylation sites (tertiary alicyclic amines) is 2. The Morgan fingerprint density at radius 2 is 1.96 bits per heavy atom. The van der Waals surface area contributed by atoms with Gasteiger partial charge in [0.25, 0.3) is 11.8 Å². The van der Waals surface area contributed by atoms with E-state index < -0.39 is 46.8 Å². The van der Waals surface area contributed by atoms with Gasteiger partial charge in [0.1, 0.15) is 17.1 Å². The monoisotopic (exact) mass is 720 g/mol. The van der Waals surface area contributed by atoms with E-state index in [1.165, 1.54) is 11.8 Å². The summed E-state index contributed by atoms with van der Waals surface area (Å²) in [7, 11) is 0. The van der Waals surface area contributed by atoms with Crippen LogP contribution in [0.2, 0.25) is 0 Å². The zero-order chi connectivity index (χ0) is 35.6. The predicted octanol–water partition coefficient (Wildman–Crippen LogP) is 0.488. The molecule has 49 heavy (non-hydrogen) atoms. The summed E-state index contributed by atoms with van der Waals surface area (Å²) in [5.41, 5.74) is 6.29. The summed E-state index contributed by atoms with van der Waals surface area (Å²) in [6, 6.07) is -0.913. The van der Waals surface area contributed by atoms with E-state index in [0.717, 1.165) is 34.8 Å². The van der Waals surface area contributed by atoms with Crippen LogP contribution in [-0.2, 0) is 30.5 Å². The molecule has 21 heteroatoms. The molecule has 4 amide bonds. The van der Waals surface area contributed by atoms with E-state index in [1.54, 1.807) is 18.7 Å². The Morgan fingerprint density at radius 3 is 2.55 bits per heavy atom. The Morgan fingerprint density at radius 1 is 1.20 bits per heavy atom. The van der Waals surface area contributed by atoms with E-state index in [-0.39, 0.29) is 41.0 Å². The van der Waals surface area contributed by atoms with Gasteiger partial charge in [-0.2, -0.15) is 9.36 Å². The number of carbonyl (C=O) groups excluding carboxylic acids is 4. The molecule has 19 nitrogen and oxygen atoms in total. The van der Waals surface area contributed by atoms with Gasteiger partial charge in [0.15, 0.2) is 23.3 Å². The number of aliphatic carboxylic acids is 1. The fourth-order valence-corrected chi connectivity index (χ4v) is 7.37. The van der Waals surface area contributed by atoms with E-state index in [0.29, 0.717) is 36.7 Å². The minimum atomic E-state index is -1.19. The van der Waals surface area contributed by atoms with Crippen LogP contribution in [0, 0.1) is 6.92 Å². The number of nitrogens with two attached hydrogens (primary N) is 1. The highest BCUT2D eigenvalue weighted by Crippen LogP contribution is 2.40. The number of nitrogens with one attached hydrogen (secondary N) is 1. The average molecular weight is 721 g/mol. The normalized spacial score (nSPS) is 22.9. The summed E-state index contributed by atoms with van der Waals surface area (Å²) >= 11 is 2.15. The van der Waals surface area contributed by atoms with Crippen LogP contribution in [0.15, 0.2) is 41.7 Å². The van der Waals surface area contributed by atoms with Crippen molar-refractivity contribution in [3.05, 3.63) is 50.9 Å². The van der Waals surface area contributed by atoms with E-state index in [2.05, 4.69) is 19.8 Å². The number of allylic oxidation sites excluding steroid dienone is 1. The first-order valence-electron chi connectivity index (χ1n) is 14.8. The number of carbonyl (C=O) groups is 5. The molecule has 0 saturated carbocycles. The smallest absolute Gasteiger partial charge is 0.477 e. The third-order valence-electron chi connectivity index (χ3n) is 8.15. The van der Waals surface area contributed by atoms with Gasteiger partial charge < -0.3 is 44.7 Å². The Bertz CT molecular complexity index is 1830. The summed E-state index contributed by atoms with van der Waals surface area (Å²) in [6.45, 7) is 6.61. The zero-order valence-corrected chi connectivity index (χ0v) is 28.0. The molecule has 0 aliphatic carbocycles. The highest BCUT2D eigenvalue weighted by atomic mass is 32.2. The lowest BCUT2D eigenvalue weighted by atomic mass is 10.0. The van der Waals surface area contributed by atoms with Crippen molar-refractivity contribution in [1.82, 2.24) is 29.4 Å². The minimum absolute atomic E-state index is 0.0242. The van der Waals surface area contributed by atoms with Crippen molar-refractivity contribution >= 4 is 63.9 Å². The van der Waals surface area contributed by atoms with Crippen molar-refractivity contribution in [1.29, 1.82) is 0 Å². The lowest BCUT2D eigenvalue weighted by Gasteiger charge is -2.49. The van der Waals surface area contributed by atoms with Crippen LogP contribution in [0.25, 0.3) is 0 Å². The van der Waals surface area contributed by atoms with Gasteiger partial charge in [-0.15, -0.1) is 11.8 Å². The van der Waals surface area contributed by atoms with E-state index >= 15 is 0 Å². The SMILES string of the molecule is C/C=C1\CCN([C@@H]2CCN(C(=O)OCc3oc(=O)oc3C)C2)C1=O.CC1=C(C(=O)O)N2C(=O)[C@@H](NC(=O)/C(=N\O)c3nsc(N)n3)[C@H]2SC1. The van der Waals surface area contributed by atoms with Gasteiger partial charge in [-0.05, 0) is 39.2 Å². The summed E-state index contributed by atoms with van der Waals surface area (Å²) in [4.78, 5) is 79.5. The number of anilines is 1. The maximum atomic E-state index is 12.3. The highest BCUT2D eigenvalue weighted by molar-refractivity contribution is 8.00. The number of β-lactam (4-membered cyclic amide) rings is 1. The quantitative estimate of drug-likeness (QED) is 0.0997. The summed E-state index contributed by atoms with van der Waals surface area (Å²) < 4.78 is 18.4. The molecule has 2 aromatic heterocycles. The number of amides is 4. The largest absolute Gasteiger partial charge is 0.519 e. The van der Waals surface area contributed by atoms with Crippen LogP contribution in [-0.4, -0.2) is 113 Å². The van der Waals surface area contributed by atoms with Gasteiger partial charge in [-0.3, -0.25) is 19.3 Å². The van der Waals surface area contributed by atoms with Crippen molar-refractivity contribution in [3.8, 4) is 0 Å². The molecule has 2 aromatic rings. The number of carboxylic acids is 1. The highest BCUT2D eigenvalue weighted by Gasteiger charge is 2.54. The number of oxime groups is 1. The molecule has 3 atom stereocenters. The lowest BCUT2D eigenvalue weighted by molar-refractivity contribution is -0.150.